The lowest BCUT2D eigenvalue weighted by molar-refractivity contribution is -0.153. The summed E-state index contributed by atoms with van der Waals surface area (Å²) in [5.74, 6) is -0.445. The maximum Gasteiger partial charge on any atom is 0.416 e. The summed E-state index contributed by atoms with van der Waals surface area (Å²) in [7, 11) is 0. The zero-order chi connectivity index (χ0) is 15.6. The van der Waals surface area contributed by atoms with Crippen LogP contribution in [0.4, 0.5) is 13.2 Å². The Morgan fingerprint density at radius 3 is 2.35 bits per heavy atom. The van der Waals surface area contributed by atoms with Crippen molar-refractivity contribution < 1.29 is 22.7 Å². The van der Waals surface area contributed by atoms with Crippen LogP contribution in [-0.4, -0.2) is 16.8 Å². The van der Waals surface area contributed by atoms with Gasteiger partial charge in [-0.3, -0.25) is 4.79 Å². The monoisotopic (exact) mass is 306 g/mol. The molecule has 1 rings (SSSR count). The lowest BCUT2D eigenvalue weighted by Gasteiger charge is -2.22. The summed E-state index contributed by atoms with van der Waals surface area (Å²) in [4.78, 5) is 12.2. The molecule has 0 saturated heterocycles. The van der Waals surface area contributed by atoms with Crippen LogP contribution in [0.25, 0.3) is 0 Å². The van der Waals surface area contributed by atoms with E-state index in [1.54, 1.807) is 33.8 Å². The Hall–Kier alpha value is -1.17. The highest BCUT2D eigenvalue weighted by Gasteiger charge is 2.31. The number of ether oxygens (including phenoxy) is 1. The molecule has 112 valence electrons. The van der Waals surface area contributed by atoms with Gasteiger partial charge >= 0.3 is 12.1 Å². The Morgan fingerprint density at radius 1 is 1.25 bits per heavy atom. The minimum Gasteiger partial charge on any atom is -0.459 e. The fraction of sp³-hybridized carbons (Fsp3) is 0.500. The summed E-state index contributed by atoms with van der Waals surface area (Å²) in [6.07, 6.45) is -4.38. The van der Waals surface area contributed by atoms with E-state index in [0.717, 1.165) is 23.9 Å². The highest BCUT2D eigenvalue weighted by Crippen LogP contribution is 2.33. The molecule has 6 heteroatoms. The minimum absolute atomic E-state index is 0.387. The quantitative estimate of drug-likeness (QED) is 0.606. The van der Waals surface area contributed by atoms with E-state index in [2.05, 4.69) is 0 Å². The van der Waals surface area contributed by atoms with Crippen molar-refractivity contribution >= 4 is 17.7 Å². The van der Waals surface area contributed by atoms with Gasteiger partial charge in [-0.2, -0.15) is 13.2 Å². The summed E-state index contributed by atoms with van der Waals surface area (Å²) in [6.45, 7) is 6.84. The number of rotatable bonds is 3. The van der Waals surface area contributed by atoms with Gasteiger partial charge in [-0.1, -0.05) is 6.07 Å². The molecule has 0 heterocycles. The number of halogens is 3. The van der Waals surface area contributed by atoms with Crippen LogP contribution in [0.15, 0.2) is 29.2 Å². The number of hydrogen-bond acceptors (Lipinski definition) is 3. The zero-order valence-electron chi connectivity index (χ0n) is 11.7. The zero-order valence-corrected chi connectivity index (χ0v) is 12.6. The average molecular weight is 306 g/mol. The predicted octanol–water partition coefficient (Wildman–Crippen LogP) is 4.53. The first-order valence-electron chi connectivity index (χ1n) is 6.06. The van der Waals surface area contributed by atoms with Gasteiger partial charge in [-0.05, 0) is 45.9 Å². The van der Waals surface area contributed by atoms with E-state index in [0.29, 0.717) is 4.90 Å². The molecular formula is C14H17F3O2S. The lowest BCUT2D eigenvalue weighted by atomic mass is 10.2. The third-order valence-corrected chi connectivity index (χ3v) is 3.29. The molecule has 0 amide bonds. The fourth-order valence-electron chi connectivity index (χ4n) is 1.38. The van der Waals surface area contributed by atoms with E-state index in [9.17, 15) is 18.0 Å². The summed E-state index contributed by atoms with van der Waals surface area (Å²) in [5, 5.41) is -0.572. The van der Waals surface area contributed by atoms with Gasteiger partial charge in [-0.25, -0.2) is 0 Å². The van der Waals surface area contributed by atoms with Crippen molar-refractivity contribution in [2.24, 2.45) is 0 Å². The predicted molar refractivity (Wildman–Crippen MR) is 72.6 cm³/mol. The molecule has 20 heavy (non-hydrogen) atoms. The van der Waals surface area contributed by atoms with Crippen LogP contribution in [0.3, 0.4) is 0 Å². The molecule has 0 aliphatic carbocycles. The van der Waals surface area contributed by atoms with Crippen LogP contribution in [0.5, 0.6) is 0 Å². The molecule has 1 aromatic carbocycles. The third kappa shape index (κ3) is 5.45. The molecule has 0 saturated carbocycles. The highest BCUT2D eigenvalue weighted by atomic mass is 32.2. The van der Waals surface area contributed by atoms with Gasteiger partial charge in [0, 0.05) is 4.90 Å². The topological polar surface area (TPSA) is 26.3 Å². The van der Waals surface area contributed by atoms with Gasteiger partial charge in [0.05, 0.1) is 5.56 Å². The Kier molecular flexibility index (Phi) is 5.13. The second-order valence-corrected chi connectivity index (χ2v) is 6.73. The number of benzene rings is 1. The van der Waals surface area contributed by atoms with Crippen LogP contribution >= 0.6 is 11.8 Å². The molecule has 1 aromatic rings. The van der Waals surface area contributed by atoms with Crippen LogP contribution in [0.1, 0.15) is 33.3 Å². The maximum atomic E-state index is 12.6. The lowest BCUT2D eigenvalue weighted by Crippen LogP contribution is -2.28. The number of hydrogen-bond donors (Lipinski definition) is 0. The molecule has 0 bridgehead atoms. The Labute approximate surface area is 120 Å². The summed E-state index contributed by atoms with van der Waals surface area (Å²) in [6, 6.07) is 4.90. The molecule has 1 atom stereocenters. The second-order valence-electron chi connectivity index (χ2n) is 5.32. The molecule has 0 N–H and O–H groups in total. The molecular weight excluding hydrogens is 289 g/mol. The first-order valence-corrected chi connectivity index (χ1v) is 6.94. The second kappa shape index (κ2) is 6.08. The van der Waals surface area contributed by atoms with Gasteiger partial charge < -0.3 is 4.74 Å². The van der Waals surface area contributed by atoms with E-state index < -0.39 is 28.6 Å². The number of esters is 1. The van der Waals surface area contributed by atoms with Crippen LogP contribution in [-0.2, 0) is 15.7 Å². The van der Waals surface area contributed by atoms with Crippen LogP contribution < -0.4 is 0 Å². The minimum atomic E-state index is -4.38. The van der Waals surface area contributed by atoms with Gasteiger partial charge in [-0.15, -0.1) is 11.8 Å². The number of carbonyl (C=O) groups is 1. The number of carbonyl (C=O) groups excluding carboxylic acids is 1. The maximum absolute atomic E-state index is 12.6. The van der Waals surface area contributed by atoms with Gasteiger partial charge in [0.25, 0.3) is 0 Å². The molecule has 0 aromatic heterocycles. The van der Waals surface area contributed by atoms with E-state index in [-0.39, 0.29) is 0 Å². The molecule has 2 nitrogen and oxygen atoms in total. The SMILES string of the molecule is CC(Sc1cccc(C(F)(F)F)c1)C(=O)OC(C)(C)C. The molecule has 0 spiro atoms. The number of thioether (sulfide) groups is 1. The van der Waals surface area contributed by atoms with Crippen molar-refractivity contribution in [3.8, 4) is 0 Å². The summed E-state index contributed by atoms with van der Waals surface area (Å²) < 4.78 is 42.9. The third-order valence-electron chi connectivity index (χ3n) is 2.21. The van der Waals surface area contributed by atoms with Gasteiger partial charge in [0.1, 0.15) is 10.9 Å². The highest BCUT2D eigenvalue weighted by molar-refractivity contribution is 8.00. The van der Waals surface area contributed by atoms with Crippen LogP contribution in [0.2, 0.25) is 0 Å². The first kappa shape index (κ1) is 16.9. The van der Waals surface area contributed by atoms with E-state index in [1.807, 2.05) is 0 Å². The van der Waals surface area contributed by atoms with E-state index in [1.165, 1.54) is 6.07 Å². The van der Waals surface area contributed by atoms with Crippen molar-refractivity contribution in [1.29, 1.82) is 0 Å². The standard InChI is InChI=1S/C14H17F3O2S/c1-9(12(18)19-13(2,3)4)20-11-7-5-6-10(8-11)14(15,16)17/h5-9H,1-4H3. The van der Waals surface area contributed by atoms with Crippen LogP contribution in [0, 0.1) is 0 Å². The van der Waals surface area contributed by atoms with Crippen molar-refractivity contribution in [3.05, 3.63) is 29.8 Å². The number of alkyl halides is 3. The normalized spacial score (nSPS) is 13.9. The molecule has 0 aliphatic heterocycles. The Morgan fingerprint density at radius 2 is 1.85 bits per heavy atom. The Balaban J connectivity index is 2.76. The van der Waals surface area contributed by atoms with Crippen molar-refractivity contribution in [3.63, 3.8) is 0 Å². The van der Waals surface area contributed by atoms with Gasteiger partial charge in [0.2, 0.25) is 0 Å². The molecule has 0 aliphatic rings. The fourth-order valence-corrected chi connectivity index (χ4v) is 2.29. The largest absolute Gasteiger partial charge is 0.459 e. The molecule has 0 radical (unpaired) electrons. The first-order chi connectivity index (χ1) is 8.99. The molecule has 1 unspecified atom stereocenters. The van der Waals surface area contributed by atoms with E-state index >= 15 is 0 Å². The van der Waals surface area contributed by atoms with Crippen molar-refractivity contribution in [2.45, 2.75) is 49.6 Å². The summed E-state index contributed by atoms with van der Waals surface area (Å²) >= 11 is 1.05. The van der Waals surface area contributed by atoms with Gasteiger partial charge in [0.15, 0.2) is 0 Å². The van der Waals surface area contributed by atoms with Crippen molar-refractivity contribution in [1.82, 2.24) is 0 Å². The smallest absolute Gasteiger partial charge is 0.416 e. The van der Waals surface area contributed by atoms with Crippen molar-refractivity contribution in [2.75, 3.05) is 0 Å². The summed E-state index contributed by atoms with van der Waals surface area (Å²) in [5.41, 5.74) is -1.33. The average Bonchev–Trinajstić information content (AvgIpc) is 2.25. The Bertz CT molecular complexity index is 478. The molecule has 0 fully saturated rings. The van der Waals surface area contributed by atoms with E-state index in [4.69, 9.17) is 4.74 Å².